The summed E-state index contributed by atoms with van der Waals surface area (Å²) in [6.07, 6.45) is 4.90. The van der Waals surface area contributed by atoms with Crippen molar-refractivity contribution in [2.45, 2.75) is 32.7 Å². The molecule has 4 heteroatoms. The Morgan fingerprint density at radius 3 is 2.60 bits per heavy atom. The molecule has 1 amide bonds. The fraction of sp³-hybridized carbons (Fsp3) is 0.238. The number of hydrogen-bond acceptors (Lipinski definition) is 2. The first kappa shape index (κ1) is 17.0. The number of primary amides is 1. The van der Waals surface area contributed by atoms with Gasteiger partial charge in [-0.2, -0.15) is 0 Å². The van der Waals surface area contributed by atoms with Gasteiger partial charge in [-0.3, -0.25) is 9.79 Å². The summed E-state index contributed by atoms with van der Waals surface area (Å²) in [5.41, 5.74) is 9.55. The van der Waals surface area contributed by atoms with Gasteiger partial charge in [0.25, 0.3) is 0 Å². The number of nitrogens with zero attached hydrogens (tertiary/aromatic N) is 2. The standard InChI is InChI=1S/C21H23N3O/c1-3-15(2)16-8-10-18(11-9-16)23-12-17-13-24(14-21(22)25)20-7-5-4-6-19(17)20/h4-13,15H,3,14H2,1-2H3,(H2,22,25)/t15-/m0/s1. The van der Waals surface area contributed by atoms with E-state index in [0.29, 0.717) is 5.92 Å². The summed E-state index contributed by atoms with van der Waals surface area (Å²) in [5, 5.41) is 1.06. The van der Waals surface area contributed by atoms with E-state index in [1.807, 2.05) is 53.4 Å². The molecule has 4 nitrogen and oxygen atoms in total. The number of benzene rings is 2. The Labute approximate surface area is 148 Å². The molecule has 25 heavy (non-hydrogen) atoms. The van der Waals surface area contributed by atoms with Gasteiger partial charge in [-0.1, -0.05) is 44.2 Å². The molecule has 0 aliphatic rings. The van der Waals surface area contributed by atoms with E-state index < -0.39 is 0 Å². The van der Waals surface area contributed by atoms with E-state index in [1.54, 1.807) is 0 Å². The van der Waals surface area contributed by atoms with Crippen LogP contribution in [-0.4, -0.2) is 16.7 Å². The summed E-state index contributed by atoms with van der Waals surface area (Å²) in [4.78, 5) is 15.9. The molecule has 0 bridgehead atoms. The number of para-hydroxylation sites is 1. The summed E-state index contributed by atoms with van der Waals surface area (Å²) >= 11 is 0. The Bertz CT molecular complexity index is 907. The minimum absolute atomic E-state index is 0.165. The molecule has 0 radical (unpaired) electrons. The van der Waals surface area contributed by atoms with Crippen LogP contribution in [0.1, 0.15) is 37.3 Å². The molecule has 0 unspecified atom stereocenters. The van der Waals surface area contributed by atoms with E-state index in [-0.39, 0.29) is 12.5 Å². The average Bonchev–Trinajstić information content (AvgIpc) is 2.97. The van der Waals surface area contributed by atoms with E-state index in [9.17, 15) is 4.79 Å². The third-order valence-corrected chi connectivity index (χ3v) is 4.57. The highest BCUT2D eigenvalue weighted by atomic mass is 16.1. The van der Waals surface area contributed by atoms with Crippen molar-refractivity contribution in [3.05, 3.63) is 65.9 Å². The summed E-state index contributed by atoms with van der Waals surface area (Å²) < 4.78 is 1.87. The molecule has 2 N–H and O–H groups in total. The molecule has 128 valence electrons. The number of fused-ring (bicyclic) bond motifs is 1. The number of carbonyl (C=O) groups excluding carboxylic acids is 1. The molecule has 2 aromatic carbocycles. The predicted molar refractivity (Wildman–Crippen MR) is 104 cm³/mol. The van der Waals surface area contributed by atoms with Gasteiger partial charge in [0.2, 0.25) is 5.91 Å². The van der Waals surface area contributed by atoms with E-state index >= 15 is 0 Å². The molecule has 0 saturated carbocycles. The third kappa shape index (κ3) is 3.79. The van der Waals surface area contributed by atoms with Crippen molar-refractivity contribution >= 4 is 28.7 Å². The Morgan fingerprint density at radius 2 is 1.92 bits per heavy atom. The number of nitrogens with two attached hydrogens (primary N) is 1. The zero-order valence-corrected chi connectivity index (χ0v) is 14.6. The van der Waals surface area contributed by atoms with Crippen molar-refractivity contribution < 1.29 is 4.79 Å². The maximum Gasteiger partial charge on any atom is 0.237 e. The van der Waals surface area contributed by atoms with Crippen molar-refractivity contribution in [3.8, 4) is 0 Å². The van der Waals surface area contributed by atoms with Crippen LogP contribution in [0.5, 0.6) is 0 Å². The van der Waals surface area contributed by atoms with Gasteiger partial charge >= 0.3 is 0 Å². The lowest BCUT2D eigenvalue weighted by Crippen LogP contribution is -2.17. The molecular weight excluding hydrogens is 310 g/mol. The SMILES string of the molecule is CC[C@H](C)c1ccc(N=Cc2cn(CC(N)=O)c3ccccc23)cc1. The van der Waals surface area contributed by atoms with Crippen LogP contribution in [0.4, 0.5) is 5.69 Å². The minimum atomic E-state index is -0.357. The van der Waals surface area contributed by atoms with Crippen molar-refractivity contribution in [2.24, 2.45) is 10.7 Å². The van der Waals surface area contributed by atoms with Crippen molar-refractivity contribution in [1.29, 1.82) is 0 Å². The molecular formula is C21H23N3O. The normalized spacial score (nSPS) is 12.7. The second-order valence-corrected chi connectivity index (χ2v) is 6.35. The molecule has 0 spiro atoms. The summed E-state index contributed by atoms with van der Waals surface area (Å²) in [7, 11) is 0. The van der Waals surface area contributed by atoms with Gasteiger partial charge in [0, 0.05) is 28.9 Å². The van der Waals surface area contributed by atoms with Crippen LogP contribution in [-0.2, 0) is 11.3 Å². The fourth-order valence-electron chi connectivity index (χ4n) is 2.95. The Morgan fingerprint density at radius 1 is 1.20 bits per heavy atom. The van der Waals surface area contributed by atoms with Crippen LogP contribution in [0.2, 0.25) is 0 Å². The predicted octanol–water partition coefficient (Wildman–Crippen LogP) is 4.39. The molecule has 1 heterocycles. The number of rotatable bonds is 6. The second kappa shape index (κ2) is 7.34. The number of carbonyl (C=O) groups is 1. The average molecular weight is 333 g/mol. The number of hydrogen-bond donors (Lipinski definition) is 1. The first-order chi connectivity index (χ1) is 12.1. The van der Waals surface area contributed by atoms with Gasteiger partial charge in [0.1, 0.15) is 6.54 Å². The van der Waals surface area contributed by atoms with Crippen LogP contribution in [0.3, 0.4) is 0 Å². The maximum atomic E-state index is 11.3. The molecule has 1 atom stereocenters. The molecule has 0 saturated heterocycles. The van der Waals surface area contributed by atoms with E-state index in [4.69, 9.17) is 5.73 Å². The van der Waals surface area contributed by atoms with Crippen LogP contribution >= 0.6 is 0 Å². The van der Waals surface area contributed by atoms with Gasteiger partial charge in [0.15, 0.2) is 0 Å². The Hall–Kier alpha value is -2.88. The lowest BCUT2D eigenvalue weighted by molar-refractivity contribution is -0.118. The molecule has 3 aromatic rings. The van der Waals surface area contributed by atoms with Crippen LogP contribution in [0, 0.1) is 0 Å². The first-order valence-electron chi connectivity index (χ1n) is 8.58. The Balaban J connectivity index is 1.89. The van der Waals surface area contributed by atoms with Crippen molar-refractivity contribution in [2.75, 3.05) is 0 Å². The lowest BCUT2D eigenvalue weighted by Gasteiger charge is -2.08. The second-order valence-electron chi connectivity index (χ2n) is 6.35. The quantitative estimate of drug-likeness (QED) is 0.668. The smallest absolute Gasteiger partial charge is 0.237 e. The highest BCUT2D eigenvalue weighted by Gasteiger charge is 2.08. The highest BCUT2D eigenvalue weighted by Crippen LogP contribution is 2.23. The number of amides is 1. The lowest BCUT2D eigenvalue weighted by atomic mass is 9.99. The molecule has 3 rings (SSSR count). The van der Waals surface area contributed by atoms with Gasteiger partial charge in [-0.05, 0) is 36.1 Å². The van der Waals surface area contributed by atoms with Gasteiger partial charge in [-0.25, -0.2) is 0 Å². The van der Waals surface area contributed by atoms with E-state index in [2.05, 4.69) is 31.0 Å². The maximum absolute atomic E-state index is 11.3. The van der Waals surface area contributed by atoms with Gasteiger partial charge in [0.05, 0.1) is 5.69 Å². The van der Waals surface area contributed by atoms with Crippen LogP contribution < -0.4 is 5.73 Å². The van der Waals surface area contributed by atoms with Gasteiger partial charge in [-0.15, -0.1) is 0 Å². The summed E-state index contributed by atoms with van der Waals surface area (Å²) in [5.74, 6) is 0.203. The highest BCUT2D eigenvalue weighted by molar-refractivity contribution is 6.00. The first-order valence-corrected chi connectivity index (χ1v) is 8.58. The van der Waals surface area contributed by atoms with Crippen molar-refractivity contribution in [3.63, 3.8) is 0 Å². The minimum Gasteiger partial charge on any atom is -0.368 e. The largest absolute Gasteiger partial charge is 0.368 e. The summed E-state index contributed by atoms with van der Waals surface area (Å²) in [6, 6.07) is 16.3. The van der Waals surface area contributed by atoms with Gasteiger partial charge < -0.3 is 10.3 Å². The third-order valence-electron chi connectivity index (χ3n) is 4.57. The summed E-state index contributed by atoms with van der Waals surface area (Å²) in [6.45, 7) is 4.59. The van der Waals surface area contributed by atoms with E-state index in [1.165, 1.54) is 5.56 Å². The molecule has 1 aromatic heterocycles. The van der Waals surface area contributed by atoms with E-state index in [0.717, 1.165) is 28.6 Å². The topological polar surface area (TPSA) is 60.4 Å². The molecule has 0 aliphatic heterocycles. The Kier molecular flexibility index (Phi) is 4.98. The number of aromatic nitrogens is 1. The van der Waals surface area contributed by atoms with Crippen molar-refractivity contribution in [1.82, 2.24) is 4.57 Å². The molecule has 0 aliphatic carbocycles. The zero-order chi connectivity index (χ0) is 17.8. The molecule has 0 fully saturated rings. The van der Waals surface area contributed by atoms with Crippen LogP contribution in [0.25, 0.3) is 10.9 Å². The zero-order valence-electron chi connectivity index (χ0n) is 14.6. The van der Waals surface area contributed by atoms with Crippen LogP contribution in [0.15, 0.2) is 59.7 Å². The monoisotopic (exact) mass is 333 g/mol. The number of aliphatic imine (C=N–C) groups is 1. The fourth-order valence-corrected chi connectivity index (χ4v) is 2.95.